The van der Waals surface area contributed by atoms with Gasteiger partial charge in [0.1, 0.15) is 17.2 Å². The number of halogens is 2. The summed E-state index contributed by atoms with van der Waals surface area (Å²) in [5.41, 5.74) is 2.56. The van der Waals surface area contributed by atoms with Gasteiger partial charge in [-0.1, -0.05) is 49.5 Å². The Kier molecular flexibility index (Phi) is 5.84. The summed E-state index contributed by atoms with van der Waals surface area (Å²) in [6.45, 7) is 4.15. The number of carbonyl (C=O) groups is 1. The Labute approximate surface area is 203 Å². The fourth-order valence-electron chi connectivity index (χ4n) is 5.32. The van der Waals surface area contributed by atoms with Crippen molar-refractivity contribution in [3.05, 3.63) is 47.0 Å². The van der Waals surface area contributed by atoms with E-state index in [0.29, 0.717) is 39.4 Å². The number of amides is 2. The number of hydrogen-bond donors (Lipinski definition) is 3. The van der Waals surface area contributed by atoms with E-state index in [1.807, 2.05) is 0 Å². The number of carbonyl (C=O) groups excluding carboxylic acids is 1. The molecule has 1 radical (unpaired) electrons. The molecule has 34 heavy (non-hydrogen) atoms. The predicted molar refractivity (Wildman–Crippen MR) is 134 cm³/mol. The van der Waals surface area contributed by atoms with Gasteiger partial charge in [-0.25, -0.2) is 24.1 Å². The summed E-state index contributed by atoms with van der Waals surface area (Å²) < 4.78 is 13.3. The van der Waals surface area contributed by atoms with E-state index in [4.69, 9.17) is 16.6 Å². The van der Waals surface area contributed by atoms with E-state index in [0.717, 1.165) is 12.8 Å². The number of rotatable bonds is 4. The molecule has 2 amide bonds. The highest BCUT2D eigenvalue weighted by Crippen LogP contribution is 2.51. The lowest BCUT2D eigenvalue weighted by Gasteiger charge is -2.51. The highest BCUT2D eigenvalue weighted by Gasteiger charge is 2.46. The lowest BCUT2D eigenvalue weighted by atomic mass is 9.33. The summed E-state index contributed by atoms with van der Waals surface area (Å²) in [7, 11) is 2.50. The van der Waals surface area contributed by atoms with Crippen molar-refractivity contribution in [3.63, 3.8) is 0 Å². The standard InChI is InChI=1S/C24H26BClFN6O/c1-14-18(31-22(34)30-15-5-6-17(27)16(26)11-15)12-19-21(29-14)32-20(13-28-19)33-24-9-3-7-23(2,25-24)8-4-10-24/h5-6,11-13H,3-4,7-10H2,1-2H3,(H,29,32,33)(H2,30,31,34). The molecule has 10 heteroatoms. The van der Waals surface area contributed by atoms with Gasteiger partial charge in [-0.2, -0.15) is 0 Å². The van der Waals surface area contributed by atoms with Crippen molar-refractivity contribution in [1.82, 2.24) is 15.0 Å². The molecule has 3 aromatic rings. The Morgan fingerprint density at radius 2 is 1.88 bits per heavy atom. The predicted octanol–water partition coefficient (Wildman–Crippen LogP) is 6.13. The topological polar surface area (TPSA) is 91.8 Å². The second kappa shape index (κ2) is 8.69. The number of hydrogen-bond acceptors (Lipinski definition) is 5. The van der Waals surface area contributed by atoms with Gasteiger partial charge < -0.3 is 16.0 Å². The first-order valence-electron chi connectivity index (χ1n) is 11.6. The van der Waals surface area contributed by atoms with Crippen molar-refractivity contribution in [2.45, 2.75) is 63.1 Å². The number of pyridine rings is 1. The van der Waals surface area contributed by atoms with E-state index in [1.165, 1.54) is 43.9 Å². The first-order valence-corrected chi connectivity index (χ1v) is 11.9. The van der Waals surface area contributed by atoms with Gasteiger partial charge in [0.05, 0.1) is 22.6 Å². The molecule has 0 saturated carbocycles. The average Bonchev–Trinajstić information content (AvgIpc) is 2.76. The largest absolute Gasteiger partial charge is 0.371 e. The van der Waals surface area contributed by atoms with Gasteiger partial charge in [0.25, 0.3) is 0 Å². The molecule has 2 bridgehead atoms. The molecule has 0 atom stereocenters. The Balaban J connectivity index is 1.32. The summed E-state index contributed by atoms with van der Waals surface area (Å²) in [6, 6.07) is 5.23. The van der Waals surface area contributed by atoms with Crippen LogP contribution in [0.3, 0.4) is 0 Å². The highest BCUT2D eigenvalue weighted by atomic mass is 35.5. The molecular weight excluding hydrogens is 454 g/mol. The first-order chi connectivity index (χ1) is 16.2. The Bertz CT molecular complexity index is 1260. The molecule has 0 aliphatic carbocycles. The number of fused-ring (bicyclic) bond motifs is 3. The number of urea groups is 1. The second-order valence-electron chi connectivity index (χ2n) is 9.71. The van der Waals surface area contributed by atoms with E-state index in [-0.39, 0.29) is 10.5 Å². The highest BCUT2D eigenvalue weighted by molar-refractivity contribution is 6.46. The van der Waals surface area contributed by atoms with Gasteiger partial charge in [-0.05, 0) is 44.0 Å². The number of nitrogens with zero attached hydrogens (tertiary/aromatic N) is 3. The molecule has 0 unspecified atom stereocenters. The number of aryl methyl sites for hydroxylation is 1. The molecule has 2 aliphatic rings. The lowest BCUT2D eigenvalue weighted by Crippen LogP contribution is -2.54. The zero-order valence-electron chi connectivity index (χ0n) is 19.2. The van der Waals surface area contributed by atoms with Gasteiger partial charge in [-0.15, -0.1) is 0 Å². The number of aromatic nitrogens is 3. The summed E-state index contributed by atoms with van der Waals surface area (Å²) in [6.07, 6.45) is 8.85. The maximum Gasteiger partial charge on any atom is 0.323 e. The van der Waals surface area contributed by atoms with Crippen molar-refractivity contribution in [2.75, 3.05) is 16.0 Å². The molecule has 175 valence electrons. The summed E-state index contributed by atoms with van der Waals surface area (Å²) >= 11 is 5.78. The van der Waals surface area contributed by atoms with Crippen LogP contribution in [-0.2, 0) is 0 Å². The van der Waals surface area contributed by atoms with Crippen LogP contribution in [-0.4, -0.2) is 33.7 Å². The normalized spacial score (nSPS) is 23.8. The van der Waals surface area contributed by atoms with Crippen LogP contribution >= 0.6 is 11.6 Å². The molecule has 0 spiro atoms. The van der Waals surface area contributed by atoms with Crippen LogP contribution in [0.25, 0.3) is 11.2 Å². The fourth-order valence-corrected chi connectivity index (χ4v) is 5.50. The molecule has 2 aromatic heterocycles. The smallest absolute Gasteiger partial charge is 0.323 e. The Morgan fingerprint density at radius 3 is 2.62 bits per heavy atom. The molecule has 2 aliphatic heterocycles. The van der Waals surface area contributed by atoms with Crippen molar-refractivity contribution in [2.24, 2.45) is 0 Å². The van der Waals surface area contributed by atoms with Crippen LogP contribution in [0.15, 0.2) is 30.5 Å². The van der Waals surface area contributed by atoms with E-state index in [2.05, 4.69) is 40.1 Å². The van der Waals surface area contributed by atoms with E-state index < -0.39 is 11.8 Å². The maximum atomic E-state index is 13.3. The maximum absolute atomic E-state index is 13.3. The van der Waals surface area contributed by atoms with Gasteiger partial charge >= 0.3 is 6.03 Å². The van der Waals surface area contributed by atoms with Gasteiger partial charge in [0.2, 0.25) is 0 Å². The third-order valence-electron chi connectivity index (χ3n) is 6.89. The molecular formula is C24H26BClFN6O. The second-order valence-corrected chi connectivity index (χ2v) is 10.1. The van der Waals surface area contributed by atoms with Crippen LogP contribution in [0.1, 0.15) is 51.1 Å². The van der Waals surface area contributed by atoms with E-state index >= 15 is 0 Å². The summed E-state index contributed by atoms with van der Waals surface area (Å²) in [4.78, 5) is 26.3. The van der Waals surface area contributed by atoms with Crippen molar-refractivity contribution in [1.29, 1.82) is 0 Å². The SMILES string of the molecule is Cc1nc2nc(NC34[B]C(C)(CCC3)CCC4)cnc2cc1NC(=O)Nc1ccc(F)c(Cl)c1. The minimum atomic E-state index is -0.548. The monoisotopic (exact) mass is 479 g/mol. The van der Waals surface area contributed by atoms with Gasteiger partial charge in [-0.3, -0.25) is 0 Å². The van der Waals surface area contributed by atoms with Gasteiger partial charge in [0, 0.05) is 11.1 Å². The molecule has 3 N–H and O–H groups in total. The average molecular weight is 480 g/mol. The van der Waals surface area contributed by atoms with Crippen LogP contribution in [0.2, 0.25) is 10.3 Å². The molecule has 5 rings (SSSR count). The quantitative estimate of drug-likeness (QED) is 0.392. The zero-order valence-corrected chi connectivity index (χ0v) is 20.0. The molecule has 2 fully saturated rings. The number of nitrogens with one attached hydrogen (secondary N) is 3. The first kappa shape index (κ1) is 22.8. The fraction of sp³-hybridized carbons (Fsp3) is 0.417. The molecule has 4 heterocycles. The van der Waals surface area contributed by atoms with Crippen LogP contribution in [0, 0.1) is 12.7 Å². The molecule has 1 aromatic carbocycles. The summed E-state index contributed by atoms with van der Waals surface area (Å²) in [5.74, 6) is 0.168. The van der Waals surface area contributed by atoms with Crippen molar-refractivity contribution < 1.29 is 9.18 Å². The lowest BCUT2D eigenvalue weighted by molar-refractivity contribution is 0.262. The summed E-state index contributed by atoms with van der Waals surface area (Å²) in [5, 5.41) is 9.28. The van der Waals surface area contributed by atoms with Crippen molar-refractivity contribution >= 4 is 53.3 Å². The molecule has 7 nitrogen and oxygen atoms in total. The zero-order chi connectivity index (χ0) is 23.9. The van der Waals surface area contributed by atoms with E-state index in [9.17, 15) is 9.18 Å². The number of anilines is 3. The Morgan fingerprint density at radius 1 is 1.12 bits per heavy atom. The van der Waals surface area contributed by atoms with E-state index in [1.54, 1.807) is 19.2 Å². The minimum Gasteiger partial charge on any atom is -0.371 e. The van der Waals surface area contributed by atoms with Crippen LogP contribution < -0.4 is 16.0 Å². The van der Waals surface area contributed by atoms with Crippen molar-refractivity contribution in [3.8, 4) is 0 Å². The Hall–Kier alpha value is -2.94. The number of benzene rings is 1. The minimum absolute atomic E-state index is 0.0362. The third kappa shape index (κ3) is 4.66. The van der Waals surface area contributed by atoms with Gasteiger partial charge in [0.15, 0.2) is 12.9 Å². The third-order valence-corrected chi connectivity index (χ3v) is 7.18. The van der Waals surface area contributed by atoms with Crippen LogP contribution in [0.4, 0.5) is 26.4 Å². The molecule has 2 saturated heterocycles. The van der Waals surface area contributed by atoms with Crippen LogP contribution in [0.5, 0.6) is 0 Å².